The van der Waals surface area contributed by atoms with Crippen molar-refractivity contribution in [3.8, 4) is 0 Å². The first-order chi connectivity index (χ1) is 4.84. The van der Waals surface area contributed by atoms with E-state index in [-0.39, 0.29) is 6.73 Å². The van der Waals surface area contributed by atoms with Gasteiger partial charge in [0.2, 0.25) is 10.0 Å². The summed E-state index contributed by atoms with van der Waals surface area (Å²) in [7, 11) is -1.91. The summed E-state index contributed by atoms with van der Waals surface area (Å²) >= 11 is 0. The molecule has 0 aliphatic carbocycles. The van der Waals surface area contributed by atoms with Crippen LogP contribution in [0.5, 0.6) is 0 Å². The van der Waals surface area contributed by atoms with E-state index < -0.39 is 16.0 Å². The van der Waals surface area contributed by atoms with Gasteiger partial charge in [-0.15, -0.1) is 0 Å². The third-order valence-electron chi connectivity index (χ3n) is 1.02. The van der Waals surface area contributed by atoms with Crippen LogP contribution < -0.4 is 0 Å². The van der Waals surface area contributed by atoms with Crippen molar-refractivity contribution in [2.24, 2.45) is 0 Å². The summed E-state index contributed by atoms with van der Waals surface area (Å²) in [5.41, 5.74) is 0. The molecule has 0 atom stereocenters. The molecule has 0 spiro atoms. The maximum Gasteiger partial charge on any atom is 0.303 e. The van der Waals surface area contributed by atoms with Gasteiger partial charge < -0.3 is 4.74 Å². The van der Waals surface area contributed by atoms with Crippen LogP contribution in [0.25, 0.3) is 0 Å². The molecule has 0 heterocycles. The van der Waals surface area contributed by atoms with Gasteiger partial charge in [-0.3, -0.25) is 4.79 Å². The molecule has 0 saturated heterocycles. The first-order valence-electron chi connectivity index (χ1n) is 2.88. The standard InChI is InChI=1S/C5H11NO4S/c1-5(7)10-4-6(2)11(3,8)9/h4H2,1-3H3. The Morgan fingerprint density at radius 2 is 2.00 bits per heavy atom. The number of ether oxygens (including phenoxy) is 1. The predicted molar refractivity (Wildman–Crippen MR) is 39.2 cm³/mol. The Labute approximate surface area is 66.0 Å². The van der Waals surface area contributed by atoms with Crippen molar-refractivity contribution in [1.29, 1.82) is 0 Å². The minimum Gasteiger partial charge on any atom is -0.449 e. The Balaban J connectivity index is 3.90. The number of sulfonamides is 1. The number of hydrogen-bond acceptors (Lipinski definition) is 4. The molecule has 5 nitrogen and oxygen atoms in total. The van der Waals surface area contributed by atoms with Gasteiger partial charge in [-0.1, -0.05) is 0 Å². The molecule has 11 heavy (non-hydrogen) atoms. The van der Waals surface area contributed by atoms with Crippen molar-refractivity contribution in [3.63, 3.8) is 0 Å². The summed E-state index contributed by atoms with van der Waals surface area (Å²) in [6.45, 7) is 0.990. The Hall–Kier alpha value is -0.620. The van der Waals surface area contributed by atoms with Crippen molar-refractivity contribution in [1.82, 2.24) is 4.31 Å². The Morgan fingerprint density at radius 1 is 1.55 bits per heavy atom. The lowest BCUT2D eigenvalue weighted by Crippen LogP contribution is -2.28. The normalized spacial score (nSPS) is 11.6. The second kappa shape index (κ2) is 3.68. The molecular weight excluding hydrogens is 170 g/mol. The highest BCUT2D eigenvalue weighted by molar-refractivity contribution is 7.88. The summed E-state index contributed by atoms with van der Waals surface area (Å²) < 4.78 is 26.7. The van der Waals surface area contributed by atoms with Crippen molar-refractivity contribution in [2.75, 3.05) is 20.0 Å². The second-order valence-electron chi connectivity index (χ2n) is 2.13. The maximum absolute atomic E-state index is 10.7. The van der Waals surface area contributed by atoms with E-state index >= 15 is 0 Å². The van der Waals surface area contributed by atoms with E-state index in [1.54, 1.807) is 0 Å². The minimum atomic E-state index is -3.24. The van der Waals surface area contributed by atoms with Gasteiger partial charge in [-0.25, -0.2) is 8.42 Å². The lowest BCUT2D eigenvalue weighted by atomic mass is 10.8. The molecule has 0 aromatic rings. The highest BCUT2D eigenvalue weighted by Crippen LogP contribution is 1.92. The number of esters is 1. The van der Waals surface area contributed by atoms with Crippen LogP contribution in [0.1, 0.15) is 6.92 Å². The third kappa shape index (κ3) is 4.74. The van der Waals surface area contributed by atoms with Crippen LogP contribution in [-0.4, -0.2) is 38.7 Å². The molecule has 0 unspecified atom stereocenters. The van der Waals surface area contributed by atoms with Crippen molar-refractivity contribution < 1.29 is 17.9 Å². The molecule has 0 radical (unpaired) electrons. The van der Waals surface area contributed by atoms with Crippen LogP contribution in [0.2, 0.25) is 0 Å². The van der Waals surface area contributed by atoms with E-state index in [1.165, 1.54) is 14.0 Å². The fourth-order valence-corrected chi connectivity index (χ4v) is 0.522. The highest BCUT2D eigenvalue weighted by Gasteiger charge is 2.10. The third-order valence-corrected chi connectivity index (χ3v) is 2.25. The van der Waals surface area contributed by atoms with Crippen LogP contribution in [0, 0.1) is 0 Å². The van der Waals surface area contributed by atoms with Crippen LogP contribution in [0.4, 0.5) is 0 Å². The zero-order chi connectivity index (χ0) is 9.07. The molecule has 0 aliphatic rings. The van der Waals surface area contributed by atoms with E-state index in [0.29, 0.717) is 0 Å². The van der Waals surface area contributed by atoms with Crippen LogP contribution in [0.3, 0.4) is 0 Å². The lowest BCUT2D eigenvalue weighted by Gasteiger charge is -2.12. The molecule has 0 amide bonds. The van der Waals surface area contributed by atoms with Gasteiger partial charge in [-0.2, -0.15) is 4.31 Å². The summed E-state index contributed by atoms with van der Waals surface area (Å²) in [4.78, 5) is 10.2. The molecule has 0 aromatic heterocycles. The molecule has 6 heteroatoms. The molecule has 0 fully saturated rings. The zero-order valence-electron chi connectivity index (χ0n) is 6.70. The second-order valence-corrected chi connectivity index (χ2v) is 4.22. The summed E-state index contributed by atoms with van der Waals surface area (Å²) in [5.74, 6) is -0.500. The van der Waals surface area contributed by atoms with Gasteiger partial charge in [-0.05, 0) is 0 Å². The van der Waals surface area contributed by atoms with E-state index in [2.05, 4.69) is 4.74 Å². The molecule has 0 N–H and O–H groups in total. The minimum absolute atomic E-state index is 0.228. The molecule has 0 aromatic carbocycles. The lowest BCUT2D eigenvalue weighted by molar-refractivity contribution is -0.143. The monoisotopic (exact) mass is 181 g/mol. The van der Waals surface area contributed by atoms with Crippen LogP contribution in [-0.2, 0) is 19.6 Å². The average molecular weight is 181 g/mol. The van der Waals surface area contributed by atoms with Gasteiger partial charge in [0.1, 0.15) is 0 Å². The molecular formula is C5H11NO4S. The summed E-state index contributed by atoms with van der Waals surface area (Å²) in [5, 5.41) is 0. The van der Waals surface area contributed by atoms with E-state index in [0.717, 1.165) is 10.6 Å². The topological polar surface area (TPSA) is 63.7 Å². The van der Waals surface area contributed by atoms with E-state index in [1.807, 2.05) is 0 Å². The molecule has 66 valence electrons. The quantitative estimate of drug-likeness (QED) is 0.431. The van der Waals surface area contributed by atoms with Gasteiger partial charge in [0, 0.05) is 14.0 Å². The summed E-state index contributed by atoms with van der Waals surface area (Å²) in [6, 6.07) is 0. The molecule has 0 aliphatic heterocycles. The fourth-order valence-electron chi connectivity index (χ4n) is 0.278. The number of nitrogens with zero attached hydrogens (tertiary/aromatic N) is 1. The first kappa shape index (κ1) is 10.4. The van der Waals surface area contributed by atoms with Crippen LogP contribution >= 0.6 is 0 Å². The van der Waals surface area contributed by atoms with Crippen molar-refractivity contribution in [2.45, 2.75) is 6.92 Å². The Bertz CT molecular complexity index is 233. The number of carbonyl (C=O) groups is 1. The molecule has 0 bridgehead atoms. The highest BCUT2D eigenvalue weighted by atomic mass is 32.2. The van der Waals surface area contributed by atoms with Gasteiger partial charge >= 0.3 is 5.97 Å². The Kier molecular flexibility index (Phi) is 3.47. The van der Waals surface area contributed by atoms with Crippen molar-refractivity contribution in [3.05, 3.63) is 0 Å². The smallest absolute Gasteiger partial charge is 0.303 e. The Morgan fingerprint density at radius 3 is 2.27 bits per heavy atom. The van der Waals surface area contributed by atoms with E-state index in [9.17, 15) is 13.2 Å². The molecule has 0 rings (SSSR count). The zero-order valence-corrected chi connectivity index (χ0v) is 7.51. The van der Waals surface area contributed by atoms with Gasteiger partial charge in [0.15, 0.2) is 6.73 Å². The number of rotatable bonds is 3. The summed E-state index contributed by atoms with van der Waals surface area (Å²) in [6.07, 6.45) is 1.04. The number of hydrogen-bond donors (Lipinski definition) is 0. The molecule has 0 saturated carbocycles. The van der Waals surface area contributed by atoms with E-state index in [4.69, 9.17) is 0 Å². The fraction of sp³-hybridized carbons (Fsp3) is 0.800. The van der Waals surface area contributed by atoms with Crippen molar-refractivity contribution >= 4 is 16.0 Å². The SMILES string of the molecule is CC(=O)OCN(C)S(C)(=O)=O. The van der Waals surface area contributed by atoms with Gasteiger partial charge in [0.25, 0.3) is 0 Å². The predicted octanol–water partition coefficient (Wildman–Crippen LogP) is -0.602. The maximum atomic E-state index is 10.7. The average Bonchev–Trinajstić information content (AvgIpc) is 1.80. The number of carbonyl (C=O) groups excluding carboxylic acids is 1. The van der Waals surface area contributed by atoms with Gasteiger partial charge in [0.05, 0.1) is 6.26 Å². The largest absolute Gasteiger partial charge is 0.449 e. The first-order valence-corrected chi connectivity index (χ1v) is 4.73. The van der Waals surface area contributed by atoms with Crippen LogP contribution in [0.15, 0.2) is 0 Å².